The van der Waals surface area contributed by atoms with Gasteiger partial charge in [-0.15, -0.1) is 0 Å². The molecule has 0 unspecified atom stereocenters. The van der Waals surface area contributed by atoms with Crippen LogP contribution in [0.4, 0.5) is 5.69 Å². The zero-order chi connectivity index (χ0) is 18.8. The average molecular weight is 450 g/mol. The second-order valence-electron chi connectivity index (χ2n) is 8.78. The van der Waals surface area contributed by atoms with Crippen LogP contribution in [0.1, 0.15) is 44.2 Å². The number of hydrogen-bond donors (Lipinski definition) is 3. The maximum absolute atomic E-state index is 6.27. The molecule has 1 aliphatic rings. The molecule has 1 aromatic carbocycles. The molecule has 5 nitrogen and oxygen atoms in total. The van der Waals surface area contributed by atoms with Crippen molar-refractivity contribution in [3.63, 3.8) is 0 Å². The number of hydrogen-bond acceptors (Lipinski definition) is 4. The quantitative estimate of drug-likeness (QED) is 0.163. The summed E-state index contributed by atoms with van der Waals surface area (Å²) in [7, 11) is 0. The summed E-state index contributed by atoms with van der Waals surface area (Å²) in [4.78, 5) is 6.72. The van der Waals surface area contributed by atoms with Gasteiger partial charge in [-0.25, -0.2) is 0 Å². The van der Waals surface area contributed by atoms with Crippen molar-refractivity contribution in [3.05, 3.63) is 35.4 Å². The normalized spacial score (nSPS) is 18.0. The molecular weight excluding hydrogens is 417 g/mol. The van der Waals surface area contributed by atoms with Crippen molar-refractivity contribution in [2.45, 2.75) is 54.3 Å². The number of anilines is 1. The molecule has 0 amide bonds. The molecule has 0 spiro atoms. The summed E-state index contributed by atoms with van der Waals surface area (Å²) >= 11 is -2.46. The first-order valence-electron chi connectivity index (χ1n) is 8.93. The Morgan fingerprint density at radius 1 is 1.28 bits per heavy atom. The van der Waals surface area contributed by atoms with E-state index in [0.717, 1.165) is 35.5 Å². The Kier molecular flexibility index (Phi) is 6.09. The van der Waals surface area contributed by atoms with Crippen LogP contribution in [0.5, 0.6) is 0 Å². The fourth-order valence-corrected chi connectivity index (χ4v) is 5.68. The molecule has 1 aliphatic carbocycles. The van der Waals surface area contributed by atoms with Crippen LogP contribution in [0.15, 0.2) is 29.4 Å². The van der Waals surface area contributed by atoms with Gasteiger partial charge in [0.1, 0.15) is 0 Å². The fraction of sp³-hybridized carbons (Fsp3) is 0.526. The van der Waals surface area contributed by atoms with E-state index < -0.39 is 18.7 Å². The van der Waals surface area contributed by atoms with E-state index in [9.17, 15) is 0 Å². The first-order valence-corrected chi connectivity index (χ1v) is 18.8. The number of benzene rings is 1. The van der Waals surface area contributed by atoms with Crippen molar-refractivity contribution < 1.29 is 0 Å². The minimum absolute atomic E-state index is 0.384. The Balaban J connectivity index is 2.26. The van der Waals surface area contributed by atoms with Gasteiger partial charge in [-0.05, 0) is 0 Å². The van der Waals surface area contributed by atoms with E-state index in [0.29, 0.717) is 11.8 Å². The first kappa shape index (κ1) is 20.1. The Hall–Kier alpha value is -1.21. The van der Waals surface area contributed by atoms with Crippen LogP contribution in [0.25, 0.3) is 5.57 Å². The van der Waals surface area contributed by atoms with Gasteiger partial charge in [0.2, 0.25) is 0 Å². The first-order chi connectivity index (χ1) is 11.5. The summed E-state index contributed by atoms with van der Waals surface area (Å²) < 4.78 is 1.84. The van der Waals surface area contributed by atoms with Gasteiger partial charge in [-0.1, -0.05) is 0 Å². The Morgan fingerprint density at radius 3 is 2.48 bits per heavy atom. The summed E-state index contributed by atoms with van der Waals surface area (Å²) in [6, 6.07) is 6.21. The van der Waals surface area contributed by atoms with Gasteiger partial charge in [-0.2, -0.15) is 0 Å². The van der Waals surface area contributed by atoms with Gasteiger partial charge in [0, 0.05) is 0 Å². The van der Waals surface area contributed by atoms with Crippen LogP contribution in [0, 0.1) is 5.41 Å². The van der Waals surface area contributed by atoms with Crippen LogP contribution in [-0.2, 0) is 6.42 Å². The molecule has 6 heteroatoms. The molecule has 6 N–H and O–H groups in total. The van der Waals surface area contributed by atoms with Gasteiger partial charge in [-0.3, -0.25) is 0 Å². The van der Waals surface area contributed by atoms with Crippen LogP contribution < -0.4 is 17.4 Å². The number of hydrazone groups is 1. The number of nitrogens with two attached hydrogens (primary N) is 3. The van der Waals surface area contributed by atoms with Crippen molar-refractivity contribution in [3.8, 4) is 0 Å². The van der Waals surface area contributed by atoms with Gasteiger partial charge in [0.05, 0.1) is 0 Å². The molecule has 0 aliphatic heterocycles. The van der Waals surface area contributed by atoms with E-state index in [2.05, 4.69) is 45.9 Å². The topological polar surface area (TPSA) is 93.7 Å². The van der Waals surface area contributed by atoms with Crippen LogP contribution in [-0.4, -0.2) is 27.7 Å². The fourth-order valence-electron chi connectivity index (χ4n) is 3.08. The second kappa shape index (κ2) is 7.58. The minimum atomic E-state index is -2.46. The van der Waals surface area contributed by atoms with E-state index in [4.69, 9.17) is 17.4 Å². The monoisotopic (exact) mass is 451 g/mol. The van der Waals surface area contributed by atoms with Crippen molar-refractivity contribution in [1.82, 2.24) is 3.23 Å². The van der Waals surface area contributed by atoms with E-state index in [1.54, 1.807) is 0 Å². The van der Waals surface area contributed by atoms with Gasteiger partial charge < -0.3 is 0 Å². The summed E-state index contributed by atoms with van der Waals surface area (Å²) in [6.07, 6.45) is 6.33. The predicted octanol–water partition coefficient (Wildman–Crippen LogP) is 3.69. The molecule has 138 valence electrons. The van der Waals surface area contributed by atoms with E-state index in [1.807, 2.05) is 15.4 Å². The van der Waals surface area contributed by atoms with Gasteiger partial charge in [0.25, 0.3) is 0 Å². The number of nitrogens with zero attached hydrogens (tertiary/aromatic N) is 2. The molecule has 0 atom stereocenters. The number of allylic oxidation sites excluding steroid dienone is 2. The molecule has 0 aromatic heterocycles. The molecule has 0 saturated carbocycles. The summed E-state index contributed by atoms with van der Waals surface area (Å²) in [5.74, 6) is 12.6. The predicted molar refractivity (Wildman–Crippen MR) is 111 cm³/mol. The maximum atomic E-state index is 6.27. The van der Waals surface area contributed by atoms with Crippen molar-refractivity contribution >= 4 is 35.7 Å². The van der Waals surface area contributed by atoms with E-state index >= 15 is 0 Å². The number of amidine groups is 1. The number of nitrogen functional groups attached to an aromatic ring is 1. The Labute approximate surface area is 156 Å². The van der Waals surface area contributed by atoms with E-state index in [-0.39, 0.29) is 0 Å². The zero-order valence-electron chi connectivity index (χ0n) is 16.3. The molecule has 0 radical (unpaired) electrons. The van der Waals surface area contributed by atoms with Crippen LogP contribution in [0.3, 0.4) is 0 Å². The molecular formula is C19H33N5Sn. The summed E-state index contributed by atoms with van der Waals surface area (Å²) in [5.41, 5.74) is 11.1. The second-order valence-corrected chi connectivity index (χ2v) is 22.5. The van der Waals surface area contributed by atoms with Crippen molar-refractivity contribution in [2.24, 2.45) is 22.2 Å². The average Bonchev–Trinajstić information content (AvgIpc) is 2.53. The third-order valence-corrected chi connectivity index (χ3v) is 9.81. The molecule has 0 bridgehead atoms. The number of rotatable bonds is 4. The third kappa shape index (κ3) is 5.14. The van der Waals surface area contributed by atoms with Crippen LogP contribution >= 0.6 is 0 Å². The summed E-state index contributed by atoms with van der Waals surface area (Å²) in [5, 5.41) is 3.96. The zero-order valence-corrected chi connectivity index (χ0v) is 19.1. The molecule has 1 aromatic rings. The molecule has 0 heterocycles. The van der Waals surface area contributed by atoms with Crippen molar-refractivity contribution in [2.75, 3.05) is 5.73 Å². The third-order valence-electron chi connectivity index (χ3n) is 4.95. The molecule has 2 rings (SSSR count). The van der Waals surface area contributed by atoms with Crippen LogP contribution in [0.2, 0.25) is 14.8 Å². The molecule has 0 saturated heterocycles. The van der Waals surface area contributed by atoms with Gasteiger partial charge in [0.15, 0.2) is 0 Å². The molecule has 25 heavy (non-hydrogen) atoms. The Morgan fingerprint density at radius 2 is 1.96 bits per heavy atom. The summed E-state index contributed by atoms with van der Waals surface area (Å²) in [6.45, 7) is 4.64. The Bertz CT molecular complexity index is 686. The van der Waals surface area contributed by atoms with Gasteiger partial charge >= 0.3 is 157 Å². The number of hydrazine groups is 1. The van der Waals surface area contributed by atoms with Crippen molar-refractivity contribution in [1.29, 1.82) is 0 Å². The standard InChI is InChI=1S/C16H24N5.3CH3.Sn/c1-16(2)7-5-12(6-8-16)13-9-11(3-4-14(13)17)10-15(20-18)21-19;;;;/h3-5,9H,6-8,10,17-19H2,1-2H3;3*1H3;/q-1;;;;+1. The molecule has 0 fully saturated rings. The van der Waals surface area contributed by atoms with E-state index in [1.165, 1.54) is 12.0 Å². The SMILES string of the molecule is CC1(C)CC=C(c2cc(C/C(=N/N)[N](N)[Sn]([CH3])([CH3])[CH3])ccc2N)CC1.